The number of anilines is 1. The van der Waals surface area contributed by atoms with Crippen LogP contribution in [0.15, 0.2) is 24.3 Å². The first-order valence-corrected chi connectivity index (χ1v) is 11.1. The van der Waals surface area contributed by atoms with Crippen LogP contribution < -0.4 is 11.1 Å². The van der Waals surface area contributed by atoms with Gasteiger partial charge < -0.3 is 20.9 Å². The first-order valence-electron chi connectivity index (χ1n) is 10.3. The molecule has 0 saturated heterocycles. The van der Waals surface area contributed by atoms with Gasteiger partial charge in [-0.15, -0.1) is 11.3 Å². The highest BCUT2D eigenvalue weighted by atomic mass is 32.1. The number of ether oxygens (including phenoxy) is 1. The number of carbonyl (C=O) groups is 4. The highest BCUT2D eigenvalue weighted by Gasteiger charge is 2.30. The minimum atomic E-state index is -1.21. The Labute approximate surface area is 194 Å². The fourth-order valence-corrected chi connectivity index (χ4v) is 4.58. The second-order valence-electron chi connectivity index (χ2n) is 7.72. The molecule has 1 heterocycles. The van der Waals surface area contributed by atoms with Crippen LogP contribution >= 0.6 is 11.3 Å². The Morgan fingerprint density at radius 3 is 2.33 bits per heavy atom. The lowest BCUT2D eigenvalue weighted by molar-refractivity contribution is -0.139. The normalized spacial score (nSPS) is 13.6. The van der Waals surface area contributed by atoms with Gasteiger partial charge in [-0.25, -0.2) is 9.18 Å². The van der Waals surface area contributed by atoms with E-state index in [-0.39, 0.29) is 21.9 Å². The van der Waals surface area contributed by atoms with E-state index in [1.54, 1.807) is 20.8 Å². The van der Waals surface area contributed by atoms with E-state index in [1.165, 1.54) is 31.4 Å². The first kappa shape index (κ1) is 26.1. The molecule has 2 unspecified atom stereocenters. The summed E-state index contributed by atoms with van der Waals surface area (Å²) in [7, 11) is 1.19. The Morgan fingerprint density at radius 2 is 1.82 bits per heavy atom. The molecule has 3 atom stereocenters. The first-order chi connectivity index (χ1) is 15.5. The SMILES string of the molecule is CCC(C(=O)Nc1sc(C(=O)CC(C)[C@@H](N)C(=O)O)c(C)c1C(=O)OC)c1ccc(F)cc1. The van der Waals surface area contributed by atoms with Crippen LogP contribution in [0.5, 0.6) is 0 Å². The van der Waals surface area contributed by atoms with Gasteiger partial charge in [-0.3, -0.25) is 14.4 Å². The van der Waals surface area contributed by atoms with Crippen LogP contribution in [-0.2, 0) is 14.3 Å². The molecule has 0 aliphatic heterocycles. The summed E-state index contributed by atoms with van der Waals surface area (Å²) in [6.45, 7) is 4.92. The number of hydrogen-bond donors (Lipinski definition) is 3. The fraction of sp³-hybridized carbons (Fsp3) is 0.391. The third-order valence-corrected chi connectivity index (χ3v) is 6.68. The van der Waals surface area contributed by atoms with E-state index in [4.69, 9.17) is 15.6 Å². The van der Waals surface area contributed by atoms with E-state index in [2.05, 4.69) is 5.32 Å². The molecule has 33 heavy (non-hydrogen) atoms. The number of carbonyl (C=O) groups excluding carboxylic acids is 3. The minimum Gasteiger partial charge on any atom is -0.480 e. The lowest BCUT2D eigenvalue weighted by atomic mass is 9.95. The van der Waals surface area contributed by atoms with Crippen molar-refractivity contribution in [1.29, 1.82) is 0 Å². The van der Waals surface area contributed by atoms with E-state index >= 15 is 0 Å². The van der Waals surface area contributed by atoms with Crippen LogP contribution in [0.1, 0.15) is 63.8 Å². The summed E-state index contributed by atoms with van der Waals surface area (Å²) in [5, 5.41) is 11.9. The molecular weight excluding hydrogens is 451 g/mol. The summed E-state index contributed by atoms with van der Waals surface area (Å²) >= 11 is 0.923. The van der Waals surface area contributed by atoms with Crippen LogP contribution in [0.3, 0.4) is 0 Å². The largest absolute Gasteiger partial charge is 0.480 e. The van der Waals surface area contributed by atoms with Crippen LogP contribution in [-0.4, -0.2) is 41.9 Å². The van der Waals surface area contributed by atoms with Crippen molar-refractivity contribution in [2.45, 2.75) is 45.6 Å². The summed E-state index contributed by atoms with van der Waals surface area (Å²) in [6, 6.07) is 4.35. The lowest BCUT2D eigenvalue weighted by Crippen LogP contribution is -2.37. The number of Topliss-reactive ketones (excluding diaryl/α,β-unsaturated/α-hetero) is 1. The van der Waals surface area contributed by atoms with Crippen molar-refractivity contribution >= 4 is 40.0 Å². The molecule has 10 heteroatoms. The van der Waals surface area contributed by atoms with Crippen molar-refractivity contribution in [1.82, 2.24) is 0 Å². The Hall–Kier alpha value is -3.11. The van der Waals surface area contributed by atoms with Gasteiger partial charge in [0.25, 0.3) is 0 Å². The molecule has 0 bridgehead atoms. The summed E-state index contributed by atoms with van der Waals surface area (Å²) < 4.78 is 18.1. The van der Waals surface area contributed by atoms with Gasteiger partial charge in [-0.1, -0.05) is 26.0 Å². The van der Waals surface area contributed by atoms with Crippen LogP contribution in [0.2, 0.25) is 0 Å². The summed E-state index contributed by atoms with van der Waals surface area (Å²) in [4.78, 5) is 49.6. The summed E-state index contributed by atoms with van der Waals surface area (Å²) in [5.41, 5.74) is 6.60. The monoisotopic (exact) mass is 478 g/mol. The number of nitrogens with one attached hydrogen (secondary N) is 1. The number of esters is 1. The second kappa shape index (κ2) is 11.2. The Kier molecular flexibility index (Phi) is 8.84. The predicted molar refractivity (Wildman–Crippen MR) is 122 cm³/mol. The Bertz CT molecular complexity index is 1050. The molecule has 2 aromatic rings. The maximum absolute atomic E-state index is 13.3. The van der Waals surface area contributed by atoms with Crippen LogP contribution in [0.25, 0.3) is 0 Å². The standard InChI is InChI=1S/C23H27FN2O6S/c1-5-15(13-6-8-14(24)9-7-13)20(28)26-21-17(23(31)32-4)12(3)19(33-21)16(27)10-11(2)18(25)22(29)30/h6-9,11,15,18H,5,10,25H2,1-4H3,(H,26,28)(H,29,30)/t11?,15?,18-/m1/s1. The Morgan fingerprint density at radius 1 is 1.21 bits per heavy atom. The quantitative estimate of drug-likeness (QED) is 0.350. The number of carboxylic acids is 1. The van der Waals surface area contributed by atoms with Gasteiger partial charge in [-0.05, 0) is 42.5 Å². The highest BCUT2D eigenvalue weighted by molar-refractivity contribution is 7.18. The average Bonchev–Trinajstić information content (AvgIpc) is 3.09. The van der Waals surface area contributed by atoms with Gasteiger partial charge in [-0.2, -0.15) is 0 Å². The van der Waals surface area contributed by atoms with E-state index < -0.39 is 47.3 Å². The van der Waals surface area contributed by atoms with E-state index in [0.717, 1.165) is 11.3 Å². The van der Waals surface area contributed by atoms with Gasteiger partial charge in [0, 0.05) is 6.42 Å². The molecule has 0 aliphatic carbocycles. The van der Waals surface area contributed by atoms with Crippen LogP contribution in [0, 0.1) is 18.7 Å². The van der Waals surface area contributed by atoms with Crippen LogP contribution in [0.4, 0.5) is 9.39 Å². The third-order valence-electron chi connectivity index (χ3n) is 5.43. The van der Waals surface area contributed by atoms with E-state index in [0.29, 0.717) is 17.5 Å². The molecular formula is C23H27FN2O6S. The molecule has 1 aromatic carbocycles. The number of nitrogens with two attached hydrogens (primary N) is 1. The van der Waals surface area contributed by atoms with Crippen molar-refractivity contribution in [3.8, 4) is 0 Å². The number of hydrogen-bond acceptors (Lipinski definition) is 7. The van der Waals surface area contributed by atoms with Crippen molar-refractivity contribution < 1.29 is 33.4 Å². The molecule has 4 N–H and O–H groups in total. The second-order valence-corrected chi connectivity index (χ2v) is 8.74. The topological polar surface area (TPSA) is 136 Å². The number of ketones is 1. The molecule has 0 saturated carbocycles. The smallest absolute Gasteiger partial charge is 0.341 e. The maximum Gasteiger partial charge on any atom is 0.341 e. The molecule has 0 radical (unpaired) electrons. The zero-order valence-corrected chi connectivity index (χ0v) is 19.6. The van der Waals surface area contributed by atoms with E-state index in [1.807, 2.05) is 0 Å². The van der Waals surface area contributed by atoms with Gasteiger partial charge >= 0.3 is 11.9 Å². The number of aliphatic carboxylic acids is 1. The van der Waals surface area contributed by atoms with Crippen molar-refractivity contribution in [2.24, 2.45) is 11.7 Å². The highest BCUT2D eigenvalue weighted by Crippen LogP contribution is 2.36. The van der Waals surface area contributed by atoms with Gasteiger partial charge in [0.05, 0.1) is 23.5 Å². The number of amides is 1. The van der Waals surface area contributed by atoms with Crippen molar-refractivity contribution in [3.63, 3.8) is 0 Å². The number of benzene rings is 1. The Balaban J connectivity index is 2.37. The molecule has 0 aliphatic rings. The predicted octanol–water partition coefficient (Wildman–Crippen LogP) is 3.74. The number of rotatable bonds is 10. The zero-order chi connectivity index (χ0) is 24.9. The van der Waals surface area contributed by atoms with Gasteiger partial charge in [0.2, 0.25) is 5.91 Å². The third kappa shape index (κ3) is 6.02. The number of halogens is 1. The van der Waals surface area contributed by atoms with Crippen molar-refractivity contribution in [2.75, 3.05) is 12.4 Å². The fourth-order valence-electron chi connectivity index (χ4n) is 3.44. The number of methoxy groups -OCH3 is 1. The average molecular weight is 479 g/mol. The van der Waals surface area contributed by atoms with Crippen molar-refractivity contribution in [3.05, 3.63) is 51.7 Å². The molecule has 178 valence electrons. The molecule has 0 fully saturated rings. The molecule has 1 aromatic heterocycles. The number of thiophene rings is 1. The summed E-state index contributed by atoms with van der Waals surface area (Å²) in [6.07, 6.45) is 0.280. The minimum absolute atomic E-state index is 0.0587. The van der Waals surface area contributed by atoms with Gasteiger partial charge in [0.1, 0.15) is 16.9 Å². The molecule has 1 amide bonds. The van der Waals surface area contributed by atoms with E-state index in [9.17, 15) is 23.6 Å². The molecule has 0 spiro atoms. The molecule has 2 rings (SSSR count). The van der Waals surface area contributed by atoms with Gasteiger partial charge in [0.15, 0.2) is 5.78 Å². The number of carboxylic acid groups (broad SMARTS) is 1. The lowest BCUT2D eigenvalue weighted by Gasteiger charge is -2.15. The maximum atomic E-state index is 13.3. The molecule has 8 nitrogen and oxygen atoms in total. The zero-order valence-electron chi connectivity index (χ0n) is 18.8. The summed E-state index contributed by atoms with van der Waals surface area (Å²) in [5.74, 6) is -4.41.